The quantitative estimate of drug-likeness (QED) is 0.862. The Bertz CT molecular complexity index is 662. The van der Waals surface area contributed by atoms with Crippen molar-refractivity contribution in [1.82, 2.24) is 19.8 Å². The second-order valence-electron chi connectivity index (χ2n) is 5.73. The van der Waals surface area contributed by atoms with Crippen molar-refractivity contribution in [2.75, 3.05) is 32.7 Å². The lowest BCUT2D eigenvalue weighted by Crippen LogP contribution is -2.48. The largest absolute Gasteiger partial charge is 0.340 e. The third kappa shape index (κ3) is 3.76. The lowest BCUT2D eigenvalue weighted by molar-refractivity contribution is -0.132. The number of pyridine rings is 1. The average molecular weight is 330 g/mol. The average Bonchev–Trinajstić information content (AvgIpc) is 2.96. The van der Waals surface area contributed by atoms with Crippen molar-refractivity contribution in [2.24, 2.45) is 0 Å². The van der Waals surface area contributed by atoms with Crippen molar-refractivity contribution in [2.45, 2.75) is 20.3 Å². The van der Waals surface area contributed by atoms with Crippen molar-refractivity contribution in [3.63, 3.8) is 0 Å². The summed E-state index contributed by atoms with van der Waals surface area (Å²) in [5, 5.41) is 0.890. The van der Waals surface area contributed by atoms with Gasteiger partial charge in [0, 0.05) is 37.3 Å². The molecule has 0 aliphatic carbocycles. The van der Waals surface area contributed by atoms with E-state index in [1.165, 1.54) is 0 Å². The molecule has 1 saturated heterocycles. The predicted molar refractivity (Wildman–Crippen MR) is 92.5 cm³/mol. The number of likely N-dealkylation sites (N-methyl/N-ethyl adjacent to an activating group) is 1. The van der Waals surface area contributed by atoms with Crippen LogP contribution in [-0.2, 0) is 11.2 Å². The van der Waals surface area contributed by atoms with Crippen LogP contribution in [-0.4, -0.2) is 58.4 Å². The Labute approximate surface area is 141 Å². The van der Waals surface area contributed by atoms with Crippen molar-refractivity contribution >= 4 is 17.2 Å². The summed E-state index contributed by atoms with van der Waals surface area (Å²) in [6.07, 6.45) is 2.21. The Kier molecular flexibility index (Phi) is 5.03. The summed E-state index contributed by atoms with van der Waals surface area (Å²) >= 11 is 1.58. The Morgan fingerprint density at radius 2 is 2.04 bits per heavy atom. The van der Waals surface area contributed by atoms with E-state index in [1.54, 1.807) is 17.5 Å². The molecule has 0 spiro atoms. The maximum atomic E-state index is 12.5. The van der Waals surface area contributed by atoms with Crippen molar-refractivity contribution in [3.05, 3.63) is 35.0 Å². The van der Waals surface area contributed by atoms with Crippen LogP contribution in [0.1, 0.15) is 17.5 Å². The molecule has 0 saturated carbocycles. The van der Waals surface area contributed by atoms with Gasteiger partial charge in [0.15, 0.2) is 0 Å². The van der Waals surface area contributed by atoms with Gasteiger partial charge in [-0.25, -0.2) is 4.98 Å². The number of aromatic nitrogens is 2. The van der Waals surface area contributed by atoms with Crippen molar-refractivity contribution in [1.29, 1.82) is 0 Å². The summed E-state index contributed by atoms with van der Waals surface area (Å²) in [6, 6.07) is 5.80. The van der Waals surface area contributed by atoms with Gasteiger partial charge in [-0.3, -0.25) is 9.78 Å². The first-order chi connectivity index (χ1) is 11.2. The maximum absolute atomic E-state index is 12.5. The van der Waals surface area contributed by atoms with Crippen LogP contribution >= 0.6 is 11.3 Å². The van der Waals surface area contributed by atoms with E-state index < -0.39 is 0 Å². The molecular formula is C17H22N4OS. The van der Waals surface area contributed by atoms with Crippen molar-refractivity contribution in [3.8, 4) is 10.7 Å². The number of carbonyl (C=O) groups excluding carboxylic acids is 1. The minimum atomic E-state index is 0.208. The van der Waals surface area contributed by atoms with Crippen LogP contribution in [0.2, 0.25) is 0 Å². The van der Waals surface area contributed by atoms with Gasteiger partial charge < -0.3 is 9.80 Å². The summed E-state index contributed by atoms with van der Waals surface area (Å²) in [5.41, 5.74) is 1.81. The second-order valence-corrected chi connectivity index (χ2v) is 6.82. The second kappa shape index (κ2) is 7.19. The Balaban J connectivity index is 1.66. The first-order valence-electron chi connectivity index (χ1n) is 8.05. The molecule has 0 N–H and O–H groups in total. The Morgan fingerprint density at radius 3 is 2.70 bits per heavy atom. The molecule has 0 bridgehead atoms. The van der Waals surface area contributed by atoms with Gasteiger partial charge in [-0.1, -0.05) is 13.0 Å². The van der Waals surface area contributed by atoms with E-state index in [9.17, 15) is 4.79 Å². The molecule has 0 radical (unpaired) electrons. The molecule has 0 atom stereocenters. The highest BCUT2D eigenvalue weighted by Crippen LogP contribution is 2.27. The molecule has 5 nitrogen and oxygen atoms in total. The molecule has 2 aromatic heterocycles. The van der Waals surface area contributed by atoms with Crippen LogP contribution in [0.15, 0.2) is 24.4 Å². The zero-order chi connectivity index (χ0) is 16.2. The summed E-state index contributed by atoms with van der Waals surface area (Å²) in [5.74, 6) is 0.208. The number of nitrogens with zero attached hydrogens (tertiary/aromatic N) is 4. The Morgan fingerprint density at radius 1 is 1.26 bits per heavy atom. The van der Waals surface area contributed by atoms with Crippen LogP contribution in [0.5, 0.6) is 0 Å². The third-order valence-corrected chi connectivity index (χ3v) is 5.44. The molecule has 2 aromatic rings. The number of aryl methyl sites for hydroxylation is 1. The summed E-state index contributed by atoms with van der Waals surface area (Å²) in [4.78, 5) is 26.9. The van der Waals surface area contributed by atoms with Crippen LogP contribution in [0.25, 0.3) is 10.7 Å². The SMILES string of the molecule is CCN1CCN(C(=O)Cc2sc(-c3ccccn3)nc2C)CC1. The Hall–Kier alpha value is -1.79. The molecule has 1 amide bonds. The van der Waals surface area contributed by atoms with Crippen LogP contribution < -0.4 is 0 Å². The highest BCUT2D eigenvalue weighted by Gasteiger charge is 2.22. The molecule has 3 heterocycles. The number of rotatable bonds is 4. The smallest absolute Gasteiger partial charge is 0.227 e. The van der Waals surface area contributed by atoms with Gasteiger partial charge in [0.2, 0.25) is 5.91 Å². The molecule has 1 fully saturated rings. The lowest BCUT2D eigenvalue weighted by atomic mass is 10.2. The van der Waals surface area contributed by atoms with E-state index in [0.717, 1.165) is 54.0 Å². The van der Waals surface area contributed by atoms with Crippen LogP contribution in [0, 0.1) is 6.92 Å². The van der Waals surface area contributed by atoms with Gasteiger partial charge >= 0.3 is 0 Å². The number of hydrogen-bond acceptors (Lipinski definition) is 5. The zero-order valence-electron chi connectivity index (χ0n) is 13.7. The molecule has 23 heavy (non-hydrogen) atoms. The van der Waals surface area contributed by atoms with E-state index in [4.69, 9.17) is 0 Å². The number of hydrogen-bond donors (Lipinski definition) is 0. The molecule has 122 valence electrons. The predicted octanol–water partition coefficient (Wildman–Crippen LogP) is 2.22. The molecule has 1 aliphatic rings. The fraction of sp³-hybridized carbons (Fsp3) is 0.471. The number of amides is 1. The standard InChI is InChI=1S/C17H22N4OS/c1-3-20-8-10-21(11-9-20)16(22)12-15-13(2)19-17(23-15)14-6-4-5-7-18-14/h4-7H,3,8-12H2,1-2H3. The fourth-order valence-electron chi connectivity index (χ4n) is 2.75. The number of carbonyl (C=O) groups is 1. The van der Waals surface area contributed by atoms with Crippen LogP contribution in [0.4, 0.5) is 0 Å². The highest BCUT2D eigenvalue weighted by atomic mass is 32.1. The molecule has 3 rings (SSSR count). The lowest BCUT2D eigenvalue weighted by Gasteiger charge is -2.34. The van der Waals surface area contributed by atoms with Gasteiger partial charge in [-0.2, -0.15) is 0 Å². The summed E-state index contributed by atoms with van der Waals surface area (Å²) < 4.78 is 0. The molecular weight excluding hydrogens is 308 g/mol. The topological polar surface area (TPSA) is 49.3 Å². The third-order valence-electron chi connectivity index (χ3n) is 4.26. The van der Waals surface area contributed by atoms with Crippen LogP contribution in [0.3, 0.4) is 0 Å². The van der Waals surface area contributed by atoms with Gasteiger partial charge in [-0.05, 0) is 25.6 Å². The minimum absolute atomic E-state index is 0.208. The molecule has 6 heteroatoms. The van der Waals surface area contributed by atoms with E-state index in [0.29, 0.717) is 6.42 Å². The van der Waals surface area contributed by atoms with E-state index in [-0.39, 0.29) is 5.91 Å². The van der Waals surface area contributed by atoms with Gasteiger partial charge in [0.25, 0.3) is 0 Å². The van der Waals surface area contributed by atoms with E-state index in [2.05, 4.69) is 21.8 Å². The highest BCUT2D eigenvalue weighted by molar-refractivity contribution is 7.15. The fourth-order valence-corrected chi connectivity index (χ4v) is 3.78. The van der Waals surface area contributed by atoms with Gasteiger partial charge in [0.1, 0.15) is 5.01 Å². The molecule has 1 aliphatic heterocycles. The zero-order valence-corrected chi connectivity index (χ0v) is 14.5. The van der Waals surface area contributed by atoms with E-state index >= 15 is 0 Å². The normalized spacial score (nSPS) is 15.8. The molecule has 0 unspecified atom stereocenters. The number of piperazine rings is 1. The van der Waals surface area contributed by atoms with Gasteiger partial charge in [0.05, 0.1) is 17.8 Å². The monoisotopic (exact) mass is 330 g/mol. The summed E-state index contributed by atoms with van der Waals surface area (Å²) in [7, 11) is 0. The van der Waals surface area contributed by atoms with Crippen molar-refractivity contribution < 1.29 is 4.79 Å². The minimum Gasteiger partial charge on any atom is -0.340 e. The summed E-state index contributed by atoms with van der Waals surface area (Å²) in [6.45, 7) is 8.81. The first-order valence-corrected chi connectivity index (χ1v) is 8.87. The van der Waals surface area contributed by atoms with E-state index in [1.807, 2.05) is 30.0 Å². The number of thiazole rings is 1. The maximum Gasteiger partial charge on any atom is 0.227 e. The molecule has 0 aromatic carbocycles. The van der Waals surface area contributed by atoms with Gasteiger partial charge in [-0.15, -0.1) is 11.3 Å². The first kappa shape index (κ1) is 16.1.